The lowest BCUT2D eigenvalue weighted by Crippen LogP contribution is -2.49. The quantitative estimate of drug-likeness (QED) is 0.0571. The van der Waals surface area contributed by atoms with Gasteiger partial charge in [0, 0.05) is 53.6 Å². The van der Waals surface area contributed by atoms with E-state index in [1.165, 1.54) is 18.9 Å². The molecular weight excluding hydrogens is 769 g/mol. The van der Waals surface area contributed by atoms with Gasteiger partial charge in [0.2, 0.25) is 12.3 Å². The number of H-pyrrole nitrogens is 2. The number of amides is 1. The van der Waals surface area contributed by atoms with Gasteiger partial charge in [0.05, 0.1) is 53.2 Å². The second-order valence-corrected chi connectivity index (χ2v) is 18.9. The van der Waals surface area contributed by atoms with Crippen molar-refractivity contribution in [2.75, 3.05) is 13.7 Å². The Morgan fingerprint density at radius 2 is 1.64 bits per heavy atom. The lowest BCUT2D eigenvalue weighted by Gasteiger charge is -2.39. The van der Waals surface area contributed by atoms with Gasteiger partial charge in [-0.25, -0.2) is 9.97 Å². The molecule has 8 unspecified atom stereocenters. The Morgan fingerprint density at radius 3 is 2.36 bits per heavy atom. The Hall–Kier alpha value is -4.53. The summed E-state index contributed by atoms with van der Waals surface area (Å²) in [5, 5.41) is 25.3. The maximum absolute atomic E-state index is 13.3. The van der Waals surface area contributed by atoms with E-state index in [0.29, 0.717) is 30.7 Å². The number of carbonyl (C=O) groups is 1. The molecule has 8 atom stereocenters. The van der Waals surface area contributed by atoms with Crippen LogP contribution in [0.1, 0.15) is 122 Å². The summed E-state index contributed by atoms with van der Waals surface area (Å²) < 4.78 is 14.4. The molecule has 3 aromatic heterocycles. The summed E-state index contributed by atoms with van der Waals surface area (Å²) in [5.74, 6) is 4.09. The number of carbonyl (C=O) groups excluding carboxylic acids is 1. The first-order chi connectivity index (χ1) is 29.5. The molecular formula is C48H64N8O5. The maximum atomic E-state index is 13.3. The predicted molar refractivity (Wildman–Crippen MR) is 236 cm³/mol. The number of hydrogen-bond acceptors (Lipinski definition) is 9. The van der Waals surface area contributed by atoms with Crippen LogP contribution >= 0.6 is 0 Å². The first kappa shape index (κ1) is 41.8. The van der Waals surface area contributed by atoms with Gasteiger partial charge in [0.15, 0.2) is 6.23 Å². The Kier molecular flexibility index (Phi) is 11.9. The first-order valence-corrected chi connectivity index (χ1v) is 22.8. The van der Waals surface area contributed by atoms with Crippen molar-refractivity contribution in [3.05, 3.63) is 66.5 Å². The van der Waals surface area contributed by atoms with Crippen molar-refractivity contribution >= 4 is 16.8 Å². The highest BCUT2D eigenvalue weighted by Gasteiger charge is 2.38. The minimum atomic E-state index is -1.10. The summed E-state index contributed by atoms with van der Waals surface area (Å²) in [5.41, 5.74) is 13.7. The number of benzene rings is 2. The second kappa shape index (κ2) is 17.3. The molecule has 7 N–H and O–H groups in total. The molecule has 2 saturated carbocycles. The Morgan fingerprint density at radius 1 is 0.918 bits per heavy atom. The molecule has 2 aliphatic heterocycles. The van der Waals surface area contributed by atoms with E-state index in [0.717, 1.165) is 108 Å². The highest BCUT2D eigenvalue weighted by Crippen LogP contribution is 2.50. The molecule has 0 bridgehead atoms. The van der Waals surface area contributed by atoms with E-state index in [9.17, 15) is 15.0 Å². The van der Waals surface area contributed by atoms with E-state index in [1.807, 2.05) is 45.0 Å². The number of nitrogens with one attached hydrogen (secondary N) is 3. The summed E-state index contributed by atoms with van der Waals surface area (Å²) in [6.07, 6.45) is 12.2. The third kappa shape index (κ3) is 8.04. The van der Waals surface area contributed by atoms with Crippen molar-refractivity contribution in [3.63, 3.8) is 0 Å². The summed E-state index contributed by atoms with van der Waals surface area (Å²) in [6.45, 7) is 8.76. The van der Waals surface area contributed by atoms with Gasteiger partial charge < -0.3 is 44.9 Å². The van der Waals surface area contributed by atoms with E-state index in [1.54, 1.807) is 0 Å². The summed E-state index contributed by atoms with van der Waals surface area (Å²) in [7, 11) is 1.45. The number of nitrogens with zero attached hydrogens (tertiary/aromatic N) is 4. The maximum Gasteiger partial charge on any atom is 0.240 e. The van der Waals surface area contributed by atoms with E-state index < -0.39 is 18.6 Å². The molecule has 1 saturated heterocycles. The number of aromatic nitrogens is 5. The molecule has 61 heavy (non-hydrogen) atoms. The van der Waals surface area contributed by atoms with E-state index in [-0.39, 0.29) is 36.1 Å². The minimum Gasteiger partial charge on any atom is -0.469 e. The number of fused-ring (bicyclic) bond motifs is 5. The van der Waals surface area contributed by atoms with E-state index >= 15 is 0 Å². The van der Waals surface area contributed by atoms with Crippen LogP contribution in [-0.4, -0.2) is 83.8 Å². The fraction of sp³-hybridized carbons (Fsp3) is 0.562. The summed E-state index contributed by atoms with van der Waals surface area (Å²) in [6, 6.07) is 14.6. The normalized spacial score (nSPS) is 23.5. The van der Waals surface area contributed by atoms with Crippen LogP contribution in [0.2, 0.25) is 0 Å². The number of likely N-dealkylation sites (tertiary alicyclic amines) is 1. The smallest absolute Gasteiger partial charge is 0.240 e. The molecule has 5 aromatic rings. The molecule has 13 heteroatoms. The second-order valence-electron chi connectivity index (χ2n) is 18.9. The van der Waals surface area contributed by atoms with Crippen LogP contribution in [0.15, 0.2) is 54.9 Å². The van der Waals surface area contributed by atoms with Crippen molar-refractivity contribution in [1.82, 2.24) is 34.7 Å². The van der Waals surface area contributed by atoms with Crippen LogP contribution in [0.25, 0.3) is 44.7 Å². The van der Waals surface area contributed by atoms with Gasteiger partial charge >= 0.3 is 0 Å². The van der Waals surface area contributed by atoms with Crippen LogP contribution in [-0.2, 0) is 9.53 Å². The third-order valence-corrected chi connectivity index (χ3v) is 14.4. The van der Waals surface area contributed by atoms with Crippen LogP contribution in [0.3, 0.4) is 0 Å². The van der Waals surface area contributed by atoms with Crippen LogP contribution < -0.4 is 15.8 Å². The Labute approximate surface area is 358 Å². The lowest BCUT2D eigenvalue weighted by atomic mass is 9.83. The van der Waals surface area contributed by atoms with Crippen LogP contribution in [0, 0.1) is 23.7 Å². The van der Waals surface area contributed by atoms with Crippen molar-refractivity contribution in [2.24, 2.45) is 29.4 Å². The zero-order valence-electron chi connectivity index (χ0n) is 36.3. The van der Waals surface area contributed by atoms with Gasteiger partial charge in [-0.05, 0) is 99.5 Å². The van der Waals surface area contributed by atoms with Gasteiger partial charge in [0.1, 0.15) is 17.4 Å². The number of nitrogens with two attached hydrogens (primary N) is 1. The van der Waals surface area contributed by atoms with Gasteiger partial charge in [-0.3, -0.25) is 10.1 Å². The molecule has 4 aliphatic rings. The van der Waals surface area contributed by atoms with Crippen molar-refractivity contribution in [3.8, 4) is 39.5 Å². The lowest BCUT2D eigenvalue weighted by molar-refractivity contribution is -0.134. The van der Waals surface area contributed by atoms with E-state index in [4.69, 9.17) is 25.2 Å². The number of rotatable bonds is 15. The zero-order chi connectivity index (χ0) is 42.5. The highest BCUT2D eigenvalue weighted by atomic mass is 16.6. The minimum absolute atomic E-state index is 0.00557. The number of aromatic amines is 2. The average Bonchev–Trinajstić information content (AvgIpc) is 4.09. The number of methoxy groups -OCH3 is 1. The number of aliphatic hydroxyl groups excluding tert-OH is 2. The van der Waals surface area contributed by atoms with Gasteiger partial charge in [-0.1, -0.05) is 52.7 Å². The van der Waals surface area contributed by atoms with Crippen LogP contribution in [0.5, 0.6) is 5.75 Å². The predicted octanol–water partition coefficient (Wildman–Crippen LogP) is 7.99. The molecule has 3 fully saturated rings. The molecule has 13 nitrogen and oxygen atoms in total. The SMILES string of the molecule is COC(O)NC(C(C)C)C(O)CCC1CCCC1c1ncc(-c2ccc3c(c2)cc2n3C(C3CCC3)Oc3cc(-c4cnc(C5CCCN5C(=O)C(N)C(C)C)[nH]4)ccc3-2)[nH]1. The van der Waals surface area contributed by atoms with Gasteiger partial charge in [0.25, 0.3) is 0 Å². The molecule has 326 valence electrons. The van der Waals surface area contributed by atoms with Crippen LogP contribution in [0.4, 0.5) is 0 Å². The average molecular weight is 833 g/mol. The summed E-state index contributed by atoms with van der Waals surface area (Å²) in [4.78, 5) is 32.2. The molecule has 9 rings (SSSR count). The molecule has 1 amide bonds. The highest BCUT2D eigenvalue weighted by molar-refractivity contribution is 5.92. The number of aliphatic hydroxyl groups is 2. The van der Waals surface area contributed by atoms with Crippen molar-refractivity contribution < 1.29 is 24.5 Å². The molecule has 0 spiro atoms. The van der Waals surface area contributed by atoms with Crippen molar-refractivity contribution in [2.45, 2.75) is 135 Å². The molecule has 0 radical (unpaired) electrons. The fourth-order valence-corrected chi connectivity index (χ4v) is 10.5. The fourth-order valence-electron chi connectivity index (χ4n) is 10.5. The number of hydrogen-bond donors (Lipinski definition) is 6. The molecule has 5 heterocycles. The number of imidazole rings is 2. The third-order valence-electron chi connectivity index (χ3n) is 14.4. The largest absolute Gasteiger partial charge is 0.469 e. The molecule has 2 aromatic carbocycles. The summed E-state index contributed by atoms with van der Waals surface area (Å²) >= 11 is 0. The monoisotopic (exact) mass is 832 g/mol. The topological polar surface area (TPSA) is 180 Å². The Balaban J connectivity index is 0.944. The Bertz CT molecular complexity index is 2330. The zero-order valence-corrected chi connectivity index (χ0v) is 36.3. The van der Waals surface area contributed by atoms with Gasteiger partial charge in [-0.2, -0.15) is 0 Å². The number of ether oxygens (including phenoxy) is 2. The standard InChI is InChI=1S/C48H64N8O5/c1-26(2)42(49)46(58)55-20-8-13-38(55)45-51-25-36(53-45)31-14-17-34-39-22-32-21-30(15-18-37(32)56(39)47(29-10-6-11-29)61-41(34)23-31)35-24-50-44(52-35)33-12-7-9-28(33)16-19-40(57)43(27(3)4)54-48(59)60-5/h14-15,17-18,21-29,33,38,40,42-43,47-48,54,57,59H,6-13,16,19-20,49H2,1-5H3,(H,50,52)(H,51,53). The van der Waals surface area contributed by atoms with Gasteiger partial charge in [-0.15, -0.1) is 0 Å². The first-order valence-electron chi connectivity index (χ1n) is 22.8. The molecule has 2 aliphatic carbocycles. The van der Waals surface area contributed by atoms with Crippen molar-refractivity contribution in [1.29, 1.82) is 0 Å². The van der Waals surface area contributed by atoms with E-state index in [2.05, 4.69) is 62.3 Å².